The summed E-state index contributed by atoms with van der Waals surface area (Å²) in [6, 6.07) is 16.2. The van der Waals surface area contributed by atoms with Crippen molar-refractivity contribution in [2.24, 2.45) is 0 Å². The number of aliphatic hydroxyl groups excluding tert-OH is 1. The largest absolute Gasteiger partial charge is 0.506 e. The molecule has 1 atom stereocenters. The second-order valence-electron chi connectivity index (χ2n) is 5.71. The molecule has 2 aromatic carbocycles. The van der Waals surface area contributed by atoms with Crippen LogP contribution in [0.1, 0.15) is 17.2 Å². The lowest BCUT2D eigenvalue weighted by Crippen LogP contribution is -2.26. The summed E-state index contributed by atoms with van der Waals surface area (Å²) < 4.78 is 0. The van der Waals surface area contributed by atoms with E-state index in [2.05, 4.69) is 22.4 Å². The van der Waals surface area contributed by atoms with Crippen LogP contribution in [0, 0.1) is 0 Å². The van der Waals surface area contributed by atoms with Crippen molar-refractivity contribution in [3.05, 3.63) is 76.1 Å². The number of nitrogens with one attached hydrogen (secondary N) is 2. The highest BCUT2D eigenvalue weighted by molar-refractivity contribution is 5.87. The Balaban J connectivity index is 1.82. The van der Waals surface area contributed by atoms with Crippen LogP contribution in [-0.4, -0.2) is 28.3 Å². The summed E-state index contributed by atoms with van der Waals surface area (Å²) in [6.45, 7) is 0.634. The number of phenols is 1. The quantitative estimate of drug-likeness (QED) is 0.559. The van der Waals surface area contributed by atoms with Crippen molar-refractivity contribution in [3.63, 3.8) is 0 Å². The van der Waals surface area contributed by atoms with Gasteiger partial charge in [-0.2, -0.15) is 0 Å². The maximum absolute atomic E-state index is 11.5. The Morgan fingerprint density at radius 2 is 1.83 bits per heavy atom. The minimum absolute atomic E-state index is 0.0208. The molecule has 0 bridgehead atoms. The van der Waals surface area contributed by atoms with E-state index in [1.807, 2.05) is 18.2 Å². The molecule has 24 heavy (non-hydrogen) atoms. The zero-order chi connectivity index (χ0) is 16.9. The van der Waals surface area contributed by atoms with Crippen LogP contribution in [0.4, 0.5) is 0 Å². The van der Waals surface area contributed by atoms with Gasteiger partial charge in [0.25, 0.3) is 0 Å². The Hall–Kier alpha value is -2.63. The summed E-state index contributed by atoms with van der Waals surface area (Å²) in [4.78, 5) is 14.1. The number of aromatic amines is 1. The number of rotatable bonds is 6. The zero-order valence-electron chi connectivity index (χ0n) is 13.2. The van der Waals surface area contributed by atoms with Gasteiger partial charge in [-0.15, -0.1) is 0 Å². The van der Waals surface area contributed by atoms with Crippen molar-refractivity contribution < 1.29 is 10.2 Å². The molecule has 0 aliphatic carbocycles. The number of phenolic OH excluding ortho intramolecular Hbond substituents is 1. The van der Waals surface area contributed by atoms with Crippen LogP contribution in [0.2, 0.25) is 0 Å². The van der Waals surface area contributed by atoms with E-state index in [-0.39, 0.29) is 24.0 Å². The van der Waals surface area contributed by atoms with Crippen LogP contribution >= 0.6 is 0 Å². The third-order valence-corrected chi connectivity index (χ3v) is 4.11. The van der Waals surface area contributed by atoms with Gasteiger partial charge in [-0.25, -0.2) is 0 Å². The number of aromatic nitrogens is 1. The maximum Gasteiger partial charge on any atom is 0.248 e. The molecule has 0 fully saturated rings. The standard InChI is InChI=1S/C19H20N2O3/c22-12-16(20-11-10-13-4-2-1-3-5-13)14-6-8-17(23)19-15(14)7-9-18(24)21-19/h1-9,16,20,22-23H,10-12H2,(H,21,24). The number of hydrogen-bond acceptors (Lipinski definition) is 4. The number of aromatic hydroxyl groups is 1. The fourth-order valence-corrected chi connectivity index (χ4v) is 2.87. The van der Waals surface area contributed by atoms with Gasteiger partial charge in [-0.1, -0.05) is 36.4 Å². The number of H-pyrrole nitrogens is 1. The predicted octanol–water partition coefficient (Wildman–Crippen LogP) is 2.10. The van der Waals surface area contributed by atoms with Crippen molar-refractivity contribution in [1.29, 1.82) is 0 Å². The molecule has 1 aromatic heterocycles. The predicted molar refractivity (Wildman–Crippen MR) is 94.2 cm³/mol. The number of fused-ring (bicyclic) bond motifs is 1. The molecule has 0 radical (unpaired) electrons. The highest BCUT2D eigenvalue weighted by Gasteiger charge is 2.15. The highest BCUT2D eigenvalue weighted by atomic mass is 16.3. The number of aliphatic hydroxyl groups is 1. The lowest BCUT2D eigenvalue weighted by Gasteiger charge is -2.19. The first-order valence-electron chi connectivity index (χ1n) is 7.92. The van der Waals surface area contributed by atoms with E-state index in [1.165, 1.54) is 17.7 Å². The third-order valence-electron chi connectivity index (χ3n) is 4.11. The Labute approximate surface area is 139 Å². The molecule has 0 amide bonds. The van der Waals surface area contributed by atoms with Gasteiger partial charge in [0.15, 0.2) is 0 Å². The van der Waals surface area contributed by atoms with Gasteiger partial charge < -0.3 is 20.5 Å². The Morgan fingerprint density at radius 3 is 2.58 bits per heavy atom. The molecule has 0 spiro atoms. The van der Waals surface area contributed by atoms with E-state index in [0.29, 0.717) is 12.1 Å². The van der Waals surface area contributed by atoms with E-state index in [9.17, 15) is 15.0 Å². The van der Waals surface area contributed by atoms with E-state index in [0.717, 1.165) is 17.4 Å². The van der Waals surface area contributed by atoms with Crippen LogP contribution in [0.3, 0.4) is 0 Å². The van der Waals surface area contributed by atoms with E-state index in [1.54, 1.807) is 12.1 Å². The highest BCUT2D eigenvalue weighted by Crippen LogP contribution is 2.28. The second-order valence-corrected chi connectivity index (χ2v) is 5.71. The van der Waals surface area contributed by atoms with Crippen molar-refractivity contribution >= 4 is 10.9 Å². The van der Waals surface area contributed by atoms with Crippen LogP contribution in [-0.2, 0) is 6.42 Å². The summed E-state index contributed by atoms with van der Waals surface area (Å²) in [5.74, 6) is 0.0208. The summed E-state index contributed by atoms with van der Waals surface area (Å²) in [5, 5.41) is 23.8. The molecule has 3 aromatic rings. The fraction of sp³-hybridized carbons (Fsp3) is 0.211. The van der Waals surface area contributed by atoms with E-state index >= 15 is 0 Å². The number of pyridine rings is 1. The van der Waals surface area contributed by atoms with Crippen LogP contribution in [0.5, 0.6) is 5.75 Å². The molecule has 0 aliphatic heterocycles. The molecule has 1 unspecified atom stereocenters. The van der Waals surface area contributed by atoms with E-state index < -0.39 is 0 Å². The molecule has 0 saturated heterocycles. The average Bonchev–Trinajstić information content (AvgIpc) is 2.61. The smallest absolute Gasteiger partial charge is 0.248 e. The van der Waals surface area contributed by atoms with Crippen molar-refractivity contribution in [3.8, 4) is 5.75 Å². The minimum atomic E-state index is -0.275. The van der Waals surface area contributed by atoms with Gasteiger partial charge in [-0.05, 0) is 36.2 Å². The van der Waals surface area contributed by atoms with Crippen molar-refractivity contribution in [1.82, 2.24) is 10.3 Å². The molecule has 0 aliphatic rings. The van der Waals surface area contributed by atoms with Gasteiger partial charge in [0.1, 0.15) is 5.75 Å². The normalized spacial score (nSPS) is 12.4. The lowest BCUT2D eigenvalue weighted by molar-refractivity contribution is 0.246. The Bertz CT molecular complexity index is 875. The second kappa shape index (κ2) is 7.29. The Morgan fingerprint density at radius 1 is 1.04 bits per heavy atom. The zero-order valence-corrected chi connectivity index (χ0v) is 13.2. The monoisotopic (exact) mass is 324 g/mol. The maximum atomic E-state index is 11.5. The topological polar surface area (TPSA) is 85.3 Å². The van der Waals surface area contributed by atoms with Crippen LogP contribution in [0.25, 0.3) is 10.9 Å². The van der Waals surface area contributed by atoms with Crippen LogP contribution < -0.4 is 10.9 Å². The first-order valence-corrected chi connectivity index (χ1v) is 7.92. The summed E-state index contributed by atoms with van der Waals surface area (Å²) in [5.41, 5.74) is 2.19. The molecular weight excluding hydrogens is 304 g/mol. The fourth-order valence-electron chi connectivity index (χ4n) is 2.87. The third kappa shape index (κ3) is 3.48. The molecule has 1 heterocycles. The van der Waals surface area contributed by atoms with Gasteiger partial charge in [0.2, 0.25) is 5.56 Å². The van der Waals surface area contributed by atoms with Gasteiger partial charge in [-0.3, -0.25) is 4.79 Å². The average molecular weight is 324 g/mol. The molecule has 3 rings (SSSR count). The lowest BCUT2D eigenvalue weighted by atomic mass is 10.0. The van der Waals surface area contributed by atoms with Crippen molar-refractivity contribution in [2.75, 3.05) is 13.2 Å². The first kappa shape index (κ1) is 16.2. The minimum Gasteiger partial charge on any atom is -0.506 e. The van der Waals surface area contributed by atoms with Gasteiger partial charge >= 0.3 is 0 Å². The van der Waals surface area contributed by atoms with E-state index in [4.69, 9.17) is 0 Å². The summed E-state index contributed by atoms with van der Waals surface area (Å²) in [7, 11) is 0. The molecule has 0 saturated carbocycles. The molecule has 4 N–H and O–H groups in total. The van der Waals surface area contributed by atoms with Crippen molar-refractivity contribution in [2.45, 2.75) is 12.5 Å². The summed E-state index contributed by atoms with van der Waals surface area (Å²) in [6.07, 6.45) is 0.851. The molecule has 124 valence electrons. The number of hydrogen-bond donors (Lipinski definition) is 4. The van der Waals surface area contributed by atoms with Gasteiger partial charge in [0.05, 0.1) is 18.2 Å². The number of benzene rings is 2. The molecule has 5 nitrogen and oxygen atoms in total. The van der Waals surface area contributed by atoms with Gasteiger partial charge in [0, 0.05) is 11.5 Å². The molecule has 5 heteroatoms. The Kier molecular flexibility index (Phi) is 4.93. The SMILES string of the molecule is O=c1ccc2c(C(CO)NCCc3ccccc3)ccc(O)c2[nH]1. The molecular formula is C19H20N2O3. The summed E-state index contributed by atoms with van der Waals surface area (Å²) >= 11 is 0. The first-order chi connectivity index (χ1) is 11.7. The van der Waals surface area contributed by atoms with Crippen LogP contribution in [0.15, 0.2) is 59.4 Å².